The lowest BCUT2D eigenvalue weighted by atomic mass is 10.4. The van der Waals surface area contributed by atoms with Gasteiger partial charge in [0.25, 0.3) is 6.47 Å². The molecule has 1 fully saturated rings. The fraction of sp³-hybridized carbons (Fsp3) is 0.857. The van der Waals surface area contributed by atoms with Crippen LogP contribution in [0.15, 0.2) is 0 Å². The van der Waals surface area contributed by atoms with Crippen LogP contribution in [0.1, 0.15) is 12.8 Å². The monoisotopic (exact) mass is 144 g/mol. The largest absolute Gasteiger partial charge is 0.417 e. The first-order chi connectivity index (χ1) is 4.77. The Labute approximate surface area is 61.2 Å². The SMILES string of the molecule is C[N+]1(COC=O)CCCC1. The maximum Gasteiger partial charge on any atom is 0.297 e. The van der Waals surface area contributed by atoms with Gasteiger partial charge in [-0.3, -0.25) is 9.28 Å². The second kappa shape index (κ2) is 3.01. The summed E-state index contributed by atoms with van der Waals surface area (Å²) in [5.41, 5.74) is 0. The van der Waals surface area contributed by atoms with Gasteiger partial charge in [0.1, 0.15) is 0 Å². The Morgan fingerprint density at radius 1 is 1.50 bits per heavy atom. The van der Waals surface area contributed by atoms with Gasteiger partial charge >= 0.3 is 0 Å². The zero-order chi connectivity index (χ0) is 7.45. The van der Waals surface area contributed by atoms with Crippen molar-refractivity contribution in [1.29, 1.82) is 0 Å². The van der Waals surface area contributed by atoms with Crippen LogP contribution in [0.25, 0.3) is 0 Å². The third-order valence-electron chi connectivity index (χ3n) is 2.10. The lowest BCUT2D eigenvalue weighted by molar-refractivity contribution is -0.914. The van der Waals surface area contributed by atoms with E-state index >= 15 is 0 Å². The van der Waals surface area contributed by atoms with Crippen LogP contribution >= 0.6 is 0 Å². The van der Waals surface area contributed by atoms with E-state index in [0.717, 1.165) is 17.6 Å². The number of nitrogens with zero attached hydrogens (tertiary/aromatic N) is 1. The first kappa shape index (κ1) is 7.54. The molecule has 58 valence electrons. The summed E-state index contributed by atoms with van der Waals surface area (Å²) in [6.45, 7) is 3.37. The molecule has 0 amide bonds. The van der Waals surface area contributed by atoms with Crippen LogP contribution in [0.3, 0.4) is 0 Å². The van der Waals surface area contributed by atoms with Crippen LogP contribution in [0.2, 0.25) is 0 Å². The van der Waals surface area contributed by atoms with Gasteiger partial charge < -0.3 is 4.74 Å². The molecule has 0 N–H and O–H groups in total. The van der Waals surface area contributed by atoms with Crippen LogP contribution in [-0.4, -0.2) is 37.8 Å². The molecule has 0 unspecified atom stereocenters. The lowest BCUT2D eigenvalue weighted by Gasteiger charge is -2.26. The van der Waals surface area contributed by atoms with E-state index in [0.29, 0.717) is 13.2 Å². The number of quaternary nitrogens is 1. The molecule has 1 aliphatic heterocycles. The zero-order valence-electron chi connectivity index (χ0n) is 6.38. The van der Waals surface area contributed by atoms with Crippen molar-refractivity contribution in [3.8, 4) is 0 Å². The summed E-state index contributed by atoms with van der Waals surface area (Å²) in [6.07, 6.45) is 2.53. The fourth-order valence-electron chi connectivity index (χ4n) is 1.44. The maximum atomic E-state index is 9.87. The summed E-state index contributed by atoms with van der Waals surface area (Å²) in [5.74, 6) is 0. The molecule has 0 bridgehead atoms. The first-order valence-corrected chi connectivity index (χ1v) is 3.66. The number of hydrogen-bond donors (Lipinski definition) is 0. The predicted molar refractivity (Wildman–Crippen MR) is 37.2 cm³/mol. The highest BCUT2D eigenvalue weighted by Crippen LogP contribution is 2.15. The Morgan fingerprint density at radius 3 is 2.60 bits per heavy atom. The molecule has 1 rings (SSSR count). The van der Waals surface area contributed by atoms with Crippen LogP contribution in [-0.2, 0) is 9.53 Å². The van der Waals surface area contributed by atoms with Crippen LogP contribution in [0.4, 0.5) is 0 Å². The normalized spacial score (nSPS) is 22.5. The van der Waals surface area contributed by atoms with Gasteiger partial charge in [0, 0.05) is 12.8 Å². The highest BCUT2D eigenvalue weighted by Gasteiger charge is 2.26. The van der Waals surface area contributed by atoms with Crippen molar-refractivity contribution in [2.75, 3.05) is 26.9 Å². The fourth-order valence-corrected chi connectivity index (χ4v) is 1.44. The average molecular weight is 144 g/mol. The molecule has 0 atom stereocenters. The van der Waals surface area contributed by atoms with E-state index < -0.39 is 0 Å². The second-order valence-corrected chi connectivity index (χ2v) is 3.17. The summed E-state index contributed by atoms with van der Waals surface area (Å²) in [4.78, 5) is 9.87. The van der Waals surface area contributed by atoms with Gasteiger partial charge in [-0.15, -0.1) is 0 Å². The second-order valence-electron chi connectivity index (χ2n) is 3.17. The van der Waals surface area contributed by atoms with E-state index in [-0.39, 0.29) is 0 Å². The van der Waals surface area contributed by atoms with Gasteiger partial charge in [0.05, 0.1) is 20.1 Å². The molecule has 3 heteroatoms. The van der Waals surface area contributed by atoms with E-state index in [1.54, 1.807) is 0 Å². The smallest absolute Gasteiger partial charge is 0.297 e. The van der Waals surface area contributed by atoms with Gasteiger partial charge in [-0.2, -0.15) is 0 Å². The van der Waals surface area contributed by atoms with Crippen molar-refractivity contribution < 1.29 is 14.0 Å². The highest BCUT2D eigenvalue weighted by molar-refractivity contribution is 5.36. The molecule has 1 aliphatic rings. The Hall–Kier alpha value is -0.570. The van der Waals surface area contributed by atoms with Gasteiger partial charge in [0.2, 0.25) is 6.73 Å². The molecule has 3 nitrogen and oxygen atoms in total. The number of ether oxygens (including phenoxy) is 1. The number of carbonyl (C=O) groups is 1. The molecule has 0 saturated carbocycles. The highest BCUT2D eigenvalue weighted by atomic mass is 16.5. The van der Waals surface area contributed by atoms with Crippen LogP contribution in [0.5, 0.6) is 0 Å². The van der Waals surface area contributed by atoms with Crippen molar-refractivity contribution in [3.63, 3.8) is 0 Å². The predicted octanol–water partition coefficient (Wildman–Crippen LogP) is 0.357. The average Bonchev–Trinajstić information content (AvgIpc) is 2.33. The minimum Gasteiger partial charge on any atom is -0.417 e. The molecule has 0 radical (unpaired) electrons. The Balaban J connectivity index is 2.28. The van der Waals surface area contributed by atoms with Gasteiger partial charge in [-0.05, 0) is 0 Å². The third-order valence-corrected chi connectivity index (χ3v) is 2.10. The van der Waals surface area contributed by atoms with Crippen LogP contribution in [0, 0.1) is 0 Å². The Bertz CT molecular complexity index is 119. The molecule has 0 aromatic carbocycles. The lowest BCUT2D eigenvalue weighted by Crippen LogP contribution is -2.42. The van der Waals surface area contributed by atoms with E-state index in [4.69, 9.17) is 4.74 Å². The Morgan fingerprint density at radius 2 is 2.10 bits per heavy atom. The number of carbonyl (C=O) groups excluding carboxylic acids is 1. The molecular weight excluding hydrogens is 130 g/mol. The summed E-state index contributed by atoms with van der Waals surface area (Å²) in [6, 6.07) is 0. The third kappa shape index (κ3) is 1.70. The topological polar surface area (TPSA) is 26.3 Å². The van der Waals surface area contributed by atoms with Crippen molar-refractivity contribution in [2.24, 2.45) is 0 Å². The van der Waals surface area contributed by atoms with Gasteiger partial charge in [-0.1, -0.05) is 0 Å². The van der Waals surface area contributed by atoms with Crippen LogP contribution < -0.4 is 0 Å². The standard InChI is InChI=1S/C7H14NO2/c1-8(6-10-7-9)4-2-3-5-8/h7H,2-6H2,1H3/q+1. The molecule has 0 aromatic rings. The quantitative estimate of drug-likeness (QED) is 0.422. The maximum absolute atomic E-state index is 9.87. The summed E-state index contributed by atoms with van der Waals surface area (Å²) in [7, 11) is 2.12. The van der Waals surface area contributed by atoms with E-state index in [1.807, 2.05) is 0 Å². The molecule has 0 aromatic heterocycles. The van der Waals surface area contributed by atoms with Crippen molar-refractivity contribution in [2.45, 2.75) is 12.8 Å². The molecule has 1 heterocycles. The van der Waals surface area contributed by atoms with E-state index in [2.05, 4.69) is 7.05 Å². The minimum atomic E-state index is 0.530. The summed E-state index contributed by atoms with van der Waals surface area (Å²) in [5, 5.41) is 0. The number of hydrogen-bond acceptors (Lipinski definition) is 2. The molecule has 0 spiro atoms. The molecule has 1 saturated heterocycles. The summed E-state index contributed by atoms with van der Waals surface area (Å²) < 4.78 is 5.61. The Kier molecular flexibility index (Phi) is 2.27. The van der Waals surface area contributed by atoms with E-state index in [1.165, 1.54) is 12.8 Å². The zero-order valence-corrected chi connectivity index (χ0v) is 6.38. The molecular formula is C7H14NO2+. The molecule has 10 heavy (non-hydrogen) atoms. The van der Waals surface area contributed by atoms with Crippen molar-refractivity contribution in [3.05, 3.63) is 0 Å². The van der Waals surface area contributed by atoms with Crippen molar-refractivity contribution in [1.82, 2.24) is 0 Å². The first-order valence-electron chi connectivity index (χ1n) is 3.66. The number of rotatable bonds is 3. The van der Waals surface area contributed by atoms with Gasteiger partial charge in [-0.25, -0.2) is 0 Å². The molecule has 0 aliphatic carbocycles. The van der Waals surface area contributed by atoms with Crippen molar-refractivity contribution >= 4 is 6.47 Å². The van der Waals surface area contributed by atoms with Gasteiger partial charge in [0.15, 0.2) is 0 Å². The number of likely N-dealkylation sites (tertiary alicyclic amines) is 1. The summed E-state index contributed by atoms with van der Waals surface area (Å²) >= 11 is 0. The van der Waals surface area contributed by atoms with E-state index in [9.17, 15) is 4.79 Å². The minimum absolute atomic E-state index is 0.530.